The van der Waals surface area contributed by atoms with Gasteiger partial charge < -0.3 is 14.8 Å². The standard InChI is InChI=1S/C27H31ClN2O5S/c1-27(11-12-27)26(31)29-18-21-15-20-16-23(28)19(10-14-35-25-9-5-6-13-34-25)17-24(20)30(21)36(32,33)22-7-3-2-4-8-22/h2-4,7-8,15-17,25H,5-6,9-14,18H2,1H3,(H,29,31). The zero-order chi connectivity index (χ0) is 25.3. The van der Waals surface area contributed by atoms with E-state index in [1.165, 1.54) is 3.97 Å². The van der Waals surface area contributed by atoms with Crippen LogP contribution in [0.4, 0.5) is 0 Å². The molecule has 7 nitrogen and oxygen atoms in total. The van der Waals surface area contributed by atoms with Crippen LogP contribution in [0.3, 0.4) is 0 Å². The number of fused-ring (bicyclic) bond motifs is 1. The predicted molar refractivity (Wildman–Crippen MR) is 138 cm³/mol. The Morgan fingerprint density at radius 1 is 1.19 bits per heavy atom. The number of hydrogen-bond acceptors (Lipinski definition) is 5. The SMILES string of the molecule is CC1(C(=O)NCc2cc3cc(Cl)c(CCOC4CCCCO4)cc3n2S(=O)(=O)c2ccccc2)CC1. The van der Waals surface area contributed by atoms with E-state index in [1.54, 1.807) is 42.5 Å². The van der Waals surface area contributed by atoms with Crippen molar-refractivity contribution >= 4 is 38.4 Å². The molecule has 1 saturated heterocycles. The molecule has 2 heterocycles. The number of aromatic nitrogens is 1. The summed E-state index contributed by atoms with van der Waals surface area (Å²) in [5.74, 6) is -0.0581. The van der Waals surface area contributed by atoms with E-state index in [0.717, 1.165) is 37.7 Å². The average Bonchev–Trinajstić information content (AvgIpc) is 3.53. The Kier molecular flexibility index (Phi) is 7.14. The van der Waals surface area contributed by atoms with Crippen molar-refractivity contribution in [3.05, 3.63) is 64.8 Å². The summed E-state index contributed by atoms with van der Waals surface area (Å²) in [6.45, 7) is 3.15. The fourth-order valence-corrected chi connectivity index (χ4v) is 6.36. The van der Waals surface area contributed by atoms with Crippen LogP contribution in [-0.4, -0.2) is 37.8 Å². The predicted octanol–water partition coefficient (Wildman–Crippen LogP) is 5.03. The Morgan fingerprint density at radius 3 is 2.67 bits per heavy atom. The Labute approximate surface area is 216 Å². The van der Waals surface area contributed by atoms with Crippen LogP contribution in [0.25, 0.3) is 10.9 Å². The third-order valence-electron chi connectivity index (χ3n) is 7.07. The zero-order valence-electron chi connectivity index (χ0n) is 20.3. The van der Waals surface area contributed by atoms with Gasteiger partial charge in [-0.2, -0.15) is 0 Å². The first-order valence-corrected chi connectivity index (χ1v) is 14.2. The molecule has 1 aliphatic carbocycles. The monoisotopic (exact) mass is 530 g/mol. The molecular formula is C27H31ClN2O5S. The van der Waals surface area contributed by atoms with Crippen LogP contribution in [0, 0.1) is 5.41 Å². The normalized spacial score (nSPS) is 19.3. The number of rotatable bonds is 9. The molecular weight excluding hydrogens is 500 g/mol. The molecule has 5 rings (SSSR count). The van der Waals surface area contributed by atoms with Gasteiger partial charge in [0.2, 0.25) is 5.91 Å². The first-order chi connectivity index (χ1) is 17.3. The van der Waals surface area contributed by atoms with E-state index in [1.807, 2.05) is 13.0 Å². The summed E-state index contributed by atoms with van der Waals surface area (Å²) in [7, 11) is -3.92. The van der Waals surface area contributed by atoms with Crippen LogP contribution >= 0.6 is 11.6 Å². The first kappa shape index (κ1) is 25.3. The quantitative estimate of drug-likeness (QED) is 0.419. The Morgan fingerprint density at radius 2 is 1.97 bits per heavy atom. The topological polar surface area (TPSA) is 86.6 Å². The molecule has 1 saturated carbocycles. The van der Waals surface area contributed by atoms with Crippen molar-refractivity contribution in [2.75, 3.05) is 13.2 Å². The second-order valence-corrected chi connectivity index (χ2v) is 12.1. The van der Waals surface area contributed by atoms with Crippen molar-refractivity contribution in [2.24, 2.45) is 5.41 Å². The van der Waals surface area contributed by atoms with E-state index in [4.69, 9.17) is 21.1 Å². The third-order valence-corrected chi connectivity index (χ3v) is 9.20. The van der Waals surface area contributed by atoms with Gasteiger partial charge in [-0.05, 0) is 74.4 Å². The van der Waals surface area contributed by atoms with Gasteiger partial charge in [0, 0.05) is 22.4 Å². The molecule has 2 fully saturated rings. The van der Waals surface area contributed by atoms with Crippen molar-refractivity contribution < 1.29 is 22.7 Å². The summed E-state index contributed by atoms with van der Waals surface area (Å²) in [5.41, 5.74) is 1.44. The Bertz CT molecular complexity index is 1360. The minimum absolute atomic E-state index is 0.0581. The van der Waals surface area contributed by atoms with E-state index in [0.29, 0.717) is 41.3 Å². The maximum absolute atomic E-state index is 13.8. The van der Waals surface area contributed by atoms with Crippen LogP contribution in [0.1, 0.15) is 50.3 Å². The van der Waals surface area contributed by atoms with Crippen LogP contribution in [0.2, 0.25) is 5.02 Å². The number of nitrogens with one attached hydrogen (secondary N) is 1. The summed E-state index contributed by atoms with van der Waals surface area (Å²) in [6.07, 6.45) is 5.02. The van der Waals surface area contributed by atoms with Crippen molar-refractivity contribution in [2.45, 2.75) is 63.2 Å². The number of benzene rings is 2. The number of nitrogens with zero attached hydrogens (tertiary/aromatic N) is 1. The largest absolute Gasteiger partial charge is 0.353 e. The van der Waals surface area contributed by atoms with Crippen LogP contribution in [0.5, 0.6) is 0 Å². The van der Waals surface area contributed by atoms with Gasteiger partial charge in [-0.25, -0.2) is 12.4 Å². The zero-order valence-corrected chi connectivity index (χ0v) is 21.9. The van der Waals surface area contributed by atoms with E-state index < -0.39 is 10.0 Å². The van der Waals surface area contributed by atoms with Gasteiger partial charge in [0.25, 0.3) is 10.0 Å². The summed E-state index contributed by atoms with van der Waals surface area (Å²) >= 11 is 6.60. The lowest BCUT2D eigenvalue weighted by molar-refractivity contribution is -0.161. The molecule has 0 spiro atoms. The van der Waals surface area contributed by atoms with E-state index in [-0.39, 0.29) is 29.1 Å². The molecule has 1 atom stereocenters. The smallest absolute Gasteiger partial charge is 0.268 e. The minimum Gasteiger partial charge on any atom is -0.353 e. The van der Waals surface area contributed by atoms with Gasteiger partial charge in [0.1, 0.15) is 0 Å². The summed E-state index contributed by atoms with van der Waals surface area (Å²) in [6, 6.07) is 13.7. The molecule has 36 heavy (non-hydrogen) atoms. The number of carbonyl (C=O) groups excluding carboxylic acids is 1. The van der Waals surface area contributed by atoms with Crippen LogP contribution in [0.15, 0.2) is 53.4 Å². The van der Waals surface area contributed by atoms with Crippen LogP contribution < -0.4 is 5.32 Å². The van der Waals surface area contributed by atoms with Gasteiger partial charge in [0.05, 0.1) is 29.3 Å². The first-order valence-electron chi connectivity index (χ1n) is 12.4. The summed E-state index contributed by atoms with van der Waals surface area (Å²) in [5, 5.41) is 4.18. The molecule has 2 aromatic carbocycles. The second-order valence-electron chi connectivity index (χ2n) is 9.88. The third kappa shape index (κ3) is 5.18. The summed E-state index contributed by atoms with van der Waals surface area (Å²) < 4.78 is 40.4. The highest BCUT2D eigenvalue weighted by molar-refractivity contribution is 7.90. The Balaban J connectivity index is 1.48. The lowest BCUT2D eigenvalue weighted by atomic mass is 10.1. The maximum atomic E-state index is 13.8. The molecule has 9 heteroatoms. The number of halogens is 1. The lowest BCUT2D eigenvalue weighted by Crippen LogP contribution is -2.31. The average molecular weight is 531 g/mol. The fourth-order valence-electron chi connectivity index (χ4n) is 4.54. The van der Waals surface area contributed by atoms with E-state index in [9.17, 15) is 13.2 Å². The van der Waals surface area contributed by atoms with Crippen molar-refractivity contribution in [3.8, 4) is 0 Å². The highest BCUT2D eigenvalue weighted by Crippen LogP contribution is 2.45. The van der Waals surface area contributed by atoms with Crippen molar-refractivity contribution in [1.29, 1.82) is 0 Å². The van der Waals surface area contributed by atoms with Gasteiger partial charge in [-0.3, -0.25) is 4.79 Å². The highest BCUT2D eigenvalue weighted by atomic mass is 35.5. The molecule has 0 bridgehead atoms. The van der Waals surface area contributed by atoms with Crippen LogP contribution in [-0.2, 0) is 37.3 Å². The number of ether oxygens (including phenoxy) is 2. The van der Waals surface area contributed by atoms with Gasteiger partial charge in [0.15, 0.2) is 6.29 Å². The number of amides is 1. The lowest BCUT2D eigenvalue weighted by Gasteiger charge is -2.22. The van der Waals surface area contributed by atoms with Crippen molar-refractivity contribution in [1.82, 2.24) is 9.29 Å². The molecule has 0 radical (unpaired) electrons. The Hall–Kier alpha value is -2.39. The molecule has 192 valence electrons. The van der Waals surface area contributed by atoms with E-state index in [2.05, 4.69) is 5.32 Å². The molecule has 1 amide bonds. The second kappa shape index (κ2) is 10.2. The number of carbonyl (C=O) groups is 1. The summed E-state index contributed by atoms with van der Waals surface area (Å²) in [4.78, 5) is 12.8. The van der Waals surface area contributed by atoms with Crippen molar-refractivity contribution in [3.63, 3.8) is 0 Å². The molecule has 2 aliphatic rings. The fraction of sp³-hybridized carbons (Fsp3) is 0.444. The number of hydrogen-bond donors (Lipinski definition) is 1. The molecule has 1 aliphatic heterocycles. The minimum atomic E-state index is -3.92. The molecule has 1 unspecified atom stereocenters. The van der Waals surface area contributed by atoms with Gasteiger partial charge in [-0.15, -0.1) is 0 Å². The molecule has 3 aromatic rings. The van der Waals surface area contributed by atoms with Gasteiger partial charge >= 0.3 is 0 Å². The molecule has 1 N–H and O–H groups in total. The maximum Gasteiger partial charge on any atom is 0.268 e. The van der Waals surface area contributed by atoms with Gasteiger partial charge in [-0.1, -0.05) is 36.7 Å². The van der Waals surface area contributed by atoms with E-state index >= 15 is 0 Å². The molecule has 1 aromatic heterocycles. The highest BCUT2D eigenvalue weighted by Gasteiger charge is 2.44.